The lowest BCUT2D eigenvalue weighted by Crippen LogP contribution is -2.33. The second kappa shape index (κ2) is 7.30. The second-order valence-electron chi connectivity index (χ2n) is 5.78. The van der Waals surface area contributed by atoms with Crippen LogP contribution < -0.4 is 11.0 Å². The highest BCUT2D eigenvalue weighted by Gasteiger charge is 2.11. The van der Waals surface area contributed by atoms with Gasteiger partial charge in [0, 0.05) is 6.54 Å². The molecule has 3 rings (SSSR count). The molecule has 0 atom stereocenters. The van der Waals surface area contributed by atoms with E-state index in [1.165, 1.54) is 41.2 Å². The lowest BCUT2D eigenvalue weighted by atomic mass is 10.1. The number of halogens is 2. The molecule has 0 aliphatic rings. The summed E-state index contributed by atoms with van der Waals surface area (Å²) in [5.74, 6) is -1.19. The quantitative estimate of drug-likeness (QED) is 0.758. The van der Waals surface area contributed by atoms with E-state index in [1.807, 2.05) is 0 Å². The third-order valence-electron chi connectivity index (χ3n) is 3.86. The van der Waals surface area contributed by atoms with E-state index in [-0.39, 0.29) is 18.9 Å². The number of benzene rings is 2. The van der Waals surface area contributed by atoms with Gasteiger partial charge in [-0.1, -0.05) is 12.1 Å². The molecule has 134 valence electrons. The van der Waals surface area contributed by atoms with E-state index in [0.717, 1.165) is 4.68 Å². The Hall–Kier alpha value is -3.29. The van der Waals surface area contributed by atoms with E-state index < -0.39 is 17.4 Å². The summed E-state index contributed by atoms with van der Waals surface area (Å²) in [4.78, 5) is 24.3. The Bertz CT molecular complexity index is 993. The number of nitrogens with one attached hydrogen (secondary N) is 1. The first kappa shape index (κ1) is 17.5. The zero-order chi connectivity index (χ0) is 18.7. The first-order chi connectivity index (χ1) is 12.4. The molecule has 8 heteroatoms. The molecule has 2 aromatic carbocycles. The van der Waals surface area contributed by atoms with Crippen molar-refractivity contribution in [1.29, 1.82) is 0 Å². The molecule has 1 amide bonds. The van der Waals surface area contributed by atoms with Crippen molar-refractivity contribution in [3.63, 3.8) is 0 Å². The van der Waals surface area contributed by atoms with E-state index in [2.05, 4.69) is 10.4 Å². The molecule has 0 bridgehead atoms. The van der Waals surface area contributed by atoms with Crippen LogP contribution in [0.5, 0.6) is 0 Å². The number of rotatable bonds is 5. The van der Waals surface area contributed by atoms with Gasteiger partial charge in [0.25, 0.3) is 0 Å². The number of aryl methyl sites for hydroxylation is 1. The van der Waals surface area contributed by atoms with Crippen LogP contribution in [0.4, 0.5) is 8.78 Å². The van der Waals surface area contributed by atoms with Crippen LogP contribution in [0.3, 0.4) is 0 Å². The fourth-order valence-electron chi connectivity index (χ4n) is 2.36. The monoisotopic (exact) mass is 358 g/mol. The first-order valence-corrected chi connectivity index (χ1v) is 7.86. The van der Waals surface area contributed by atoms with Crippen LogP contribution in [0.2, 0.25) is 0 Å². The predicted octanol–water partition coefficient (Wildman–Crippen LogP) is 1.94. The molecule has 0 radical (unpaired) electrons. The third-order valence-corrected chi connectivity index (χ3v) is 3.86. The highest BCUT2D eigenvalue weighted by molar-refractivity contribution is 5.75. The fourth-order valence-corrected chi connectivity index (χ4v) is 2.36. The van der Waals surface area contributed by atoms with Gasteiger partial charge in [0.1, 0.15) is 24.5 Å². The van der Waals surface area contributed by atoms with Crippen LogP contribution in [0.1, 0.15) is 11.1 Å². The number of carbonyl (C=O) groups is 1. The van der Waals surface area contributed by atoms with Crippen molar-refractivity contribution in [3.05, 3.63) is 82.0 Å². The molecule has 0 aliphatic carbocycles. The van der Waals surface area contributed by atoms with Gasteiger partial charge in [-0.3, -0.25) is 4.79 Å². The molecular weight excluding hydrogens is 342 g/mol. The third kappa shape index (κ3) is 3.85. The van der Waals surface area contributed by atoms with Gasteiger partial charge in [-0.15, -0.1) is 0 Å². The molecular formula is C18H16F2N4O2. The molecule has 0 fully saturated rings. The summed E-state index contributed by atoms with van der Waals surface area (Å²) in [7, 11) is 0. The molecule has 3 aromatic rings. The number of hydrogen-bond acceptors (Lipinski definition) is 3. The summed E-state index contributed by atoms with van der Waals surface area (Å²) in [6, 6.07) is 10.0. The van der Waals surface area contributed by atoms with E-state index in [1.54, 1.807) is 19.1 Å². The molecule has 6 nitrogen and oxygen atoms in total. The molecule has 0 unspecified atom stereocenters. The van der Waals surface area contributed by atoms with Gasteiger partial charge in [-0.2, -0.15) is 5.10 Å². The van der Waals surface area contributed by atoms with E-state index in [0.29, 0.717) is 16.8 Å². The van der Waals surface area contributed by atoms with Crippen LogP contribution in [0.25, 0.3) is 5.69 Å². The topological polar surface area (TPSA) is 68.9 Å². The second-order valence-corrected chi connectivity index (χ2v) is 5.78. The van der Waals surface area contributed by atoms with Gasteiger partial charge in [0.15, 0.2) is 0 Å². The van der Waals surface area contributed by atoms with Gasteiger partial charge >= 0.3 is 5.69 Å². The van der Waals surface area contributed by atoms with Gasteiger partial charge in [-0.25, -0.2) is 22.8 Å². The van der Waals surface area contributed by atoms with Crippen molar-refractivity contribution in [3.8, 4) is 5.69 Å². The fraction of sp³-hybridized carbons (Fsp3) is 0.167. The Morgan fingerprint density at radius 2 is 1.88 bits per heavy atom. The van der Waals surface area contributed by atoms with Gasteiger partial charge in [0.05, 0.1) is 5.69 Å². The van der Waals surface area contributed by atoms with Crippen LogP contribution >= 0.6 is 0 Å². The summed E-state index contributed by atoms with van der Waals surface area (Å²) >= 11 is 0. The molecule has 1 N–H and O–H groups in total. The lowest BCUT2D eigenvalue weighted by Gasteiger charge is -2.06. The van der Waals surface area contributed by atoms with Crippen LogP contribution in [-0.2, 0) is 17.9 Å². The minimum Gasteiger partial charge on any atom is -0.350 e. The van der Waals surface area contributed by atoms with Crippen molar-refractivity contribution >= 4 is 5.91 Å². The predicted molar refractivity (Wildman–Crippen MR) is 90.8 cm³/mol. The number of hydrogen-bond donors (Lipinski definition) is 1. The maximum Gasteiger partial charge on any atom is 0.350 e. The van der Waals surface area contributed by atoms with Gasteiger partial charge in [0.2, 0.25) is 5.91 Å². The molecule has 0 spiro atoms. The molecule has 0 aliphatic heterocycles. The number of carbonyl (C=O) groups excluding carboxylic acids is 1. The SMILES string of the molecule is Cc1ccc(CNC(=O)Cn2ncn(-c3ccc(F)cc3)c2=O)cc1F. The van der Waals surface area contributed by atoms with Crippen molar-refractivity contribution in [1.82, 2.24) is 19.7 Å². The Morgan fingerprint density at radius 1 is 1.15 bits per heavy atom. The average molecular weight is 358 g/mol. The minimum absolute atomic E-state index is 0.142. The van der Waals surface area contributed by atoms with E-state index in [4.69, 9.17) is 0 Å². The van der Waals surface area contributed by atoms with Gasteiger partial charge < -0.3 is 5.32 Å². The highest BCUT2D eigenvalue weighted by atomic mass is 19.1. The van der Waals surface area contributed by atoms with Gasteiger partial charge in [-0.05, 0) is 48.4 Å². The number of amides is 1. The summed E-state index contributed by atoms with van der Waals surface area (Å²) < 4.78 is 28.7. The maximum absolute atomic E-state index is 13.5. The summed E-state index contributed by atoms with van der Waals surface area (Å²) in [6.07, 6.45) is 1.26. The summed E-state index contributed by atoms with van der Waals surface area (Å²) in [6.45, 7) is 1.52. The zero-order valence-corrected chi connectivity index (χ0v) is 13.9. The minimum atomic E-state index is -0.520. The van der Waals surface area contributed by atoms with Crippen molar-refractivity contribution in [2.24, 2.45) is 0 Å². The largest absolute Gasteiger partial charge is 0.350 e. The normalized spacial score (nSPS) is 10.7. The molecule has 1 heterocycles. The summed E-state index contributed by atoms with van der Waals surface area (Å²) in [5, 5.41) is 6.50. The summed E-state index contributed by atoms with van der Waals surface area (Å²) in [5.41, 5.74) is 1.06. The zero-order valence-electron chi connectivity index (χ0n) is 13.9. The Kier molecular flexibility index (Phi) is 4.92. The smallest absolute Gasteiger partial charge is 0.350 e. The average Bonchev–Trinajstić information content (AvgIpc) is 2.97. The van der Waals surface area contributed by atoms with Crippen LogP contribution in [0, 0.1) is 18.6 Å². The standard InChI is InChI=1S/C18H16F2N4O2/c1-12-2-3-13(8-16(12)20)9-21-17(25)10-24-18(26)23(11-22-24)15-6-4-14(19)5-7-15/h2-8,11H,9-10H2,1H3,(H,21,25). The molecule has 26 heavy (non-hydrogen) atoms. The van der Waals surface area contributed by atoms with E-state index in [9.17, 15) is 18.4 Å². The van der Waals surface area contributed by atoms with Crippen molar-refractivity contribution in [2.75, 3.05) is 0 Å². The molecule has 0 saturated carbocycles. The lowest BCUT2D eigenvalue weighted by molar-refractivity contribution is -0.122. The number of aromatic nitrogens is 3. The van der Waals surface area contributed by atoms with Crippen LogP contribution in [-0.4, -0.2) is 20.3 Å². The first-order valence-electron chi connectivity index (χ1n) is 7.86. The number of nitrogens with zero attached hydrogens (tertiary/aromatic N) is 3. The molecule has 0 saturated heterocycles. The molecule has 1 aromatic heterocycles. The maximum atomic E-state index is 13.5. The Morgan fingerprint density at radius 3 is 2.58 bits per heavy atom. The van der Waals surface area contributed by atoms with E-state index >= 15 is 0 Å². The Labute approximate surface area is 147 Å². The van der Waals surface area contributed by atoms with Crippen molar-refractivity contribution < 1.29 is 13.6 Å². The van der Waals surface area contributed by atoms with Crippen LogP contribution in [0.15, 0.2) is 53.6 Å². The van der Waals surface area contributed by atoms with Crippen molar-refractivity contribution in [2.45, 2.75) is 20.0 Å². The highest BCUT2D eigenvalue weighted by Crippen LogP contribution is 2.09. The Balaban J connectivity index is 1.65.